The number of nitrogens with zero attached hydrogens (tertiary/aromatic N) is 1. The van der Waals surface area contributed by atoms with Crippen LogP contribution in [-0.4, -0.2) is 32.1 Å². The first-order valence-corrected chi connectivity index (χ1v) is 7.77. The largest absolute Gasteiger partial charge is 0.497 e. The molecule has 5 heteroatoms. The Bertz CT molecular complexity index is 539. The van der Waals surface area contributed by atoms with Gasteiger partial charge < -0.3 is 4.74 Å². The molecule has 1 atom stereocenters. The Morgan fingerprint density at radius 1 is 1.44 bits per heavy atom. The summed E-state index contributed by atoms with van der Waals surface area (Å²) in [6.45, 7) is 4.18. The maximum absolute atomic E-state index is 12.0. The zero-order chi connectivity index (χ0) is 13.3. The van der Waals surface area contributed by atoms with Gasteiger partial charge in [0.25, 0.3) is 0 Å². The Labute approximate surface area is 109 Å². The molecule has 2 rings (SSSR count). The Kier molecular flexibility index (Phi) is 3.64. The summed E-state index contributed by atoms with van der Waals surface area (Å²) in [6.07, 6.45) is 0.767. The zero-order valence-electron chi connectivity index (χ0n) is 11.0. The first kappa shape index (κ1) is 13.4. The minimum atomic E-state index is -3.14. The van der Waals surface area contributed by atoms with Crippen LogP contribution < -0.4 is 4.74 Å². The Balaban J connectivity index is 2.41. The third-order valence-corrected chi connectivity index (χ3v) is 5.50. The van der Waals surface area contributed by atoms with E-state index in [-0.39, 0.29) is 11.8 Å². The molecular formula is C13H19NO3S. The van der Waals surface area contributed by atoms with Gasteiger partial charge in [0, 0.05) is 12.6 Å². The summed E-state index contributed by atoms with van der Waals surface area (Å²) in [5.41, 5.74) is 2.27. The number of ether oxygens (including phenoxy) is 1. The highest BCUT2D eigenvalue weighted by Crippen LogP contribution is 2.33. The van der Waals surface area contributed by atoms with Gasteiger partial charge in [0.05, 0.1) is 12.9 Å². The van der Waals surface area contributed by atoms with Crippen molar-refractivity contribution in [1.82, 2.24) is 4.31 Å². The molecular weight excluding hydrogens is 250 g/mol. The second-order valence-corrected chi connectivity index (χ2v) is 6.71. The summed E-state index contributed by atoms with van der Waals surface area (Å²) in [5.74, 6) is 0.924. The molecule has 0 spiro atoms. The predicted molar refractivity (Wildman–Crippen MR) is 71.3 cm³/mol. The van der Waals surface area contributed by atoms with E-state index in [1.807, 2.05) is 25.1 Å². The fourth-order valence-electron chi connectivity index (χ4n) is 2.44. The molecule has 0 N–H and O–H groups in total. The maximum atomic E-state index is 12.0. The fourth-order valence-corrected chi connectivity index (χ4v) is 3.74. The highest BCUT2D eigenvalue weighted by Gasteiger charge is 2.31. The highest BCUT2D eigenvalue weighted by atomic mass is 32.2. The Hall–Kier alpha value is -1.07. The number of hydrogen-bond donors (Lipinski definition) is 0. The molecule has 1 aliphatic rings. The van der Waals surface area contributed by atoms with Crippen molar-refractivity contribution in [3.63, 3.8) is 0 Å². The number of rotatable bonds is 3. The Morgan fingerprint density at radius 2 is 2.17 bits per heavy atom. The van der Waals surface area contributed by atoms with Crippen LogP contribution in [0.25, 0.3) is 0 Å². The van der Waals surface area contributed by atoms with Crippen LogP contribution in [0, 0.1) is 0 Å². The first-order valence-electron chi connectivity index (χ1n) is 6.16. The molecule has 0 aromatic heterocycles. The van der Waals surface area contributed by atoms with Crippen molar-refractivity contribution in [3.8, 4) is 5.75 Å². The van der Waals surface area contributed by atoms with Crippen molar-refractivity contribution in [3.05, 3.63) is 29.3 Å². The number of fused-ring (bicyclic) bond motifs is 1. The maximum Gasteiger partial charge on any atom is 0.214 e. The minimum absolute atomic E-state index is 0.117. The van der Waals surface area contributed by atoms with Gasteiger partial charge in [-0.1, -0.05) is 6.07 Å². The van der Waals surface area contributed by atoms with E-state index in [9.17, 15) is 8.42 Å². The molecule has 0 amide bonds. The molecule has 100 valence electrons. The molecule has 18 heavy (non-hydrogen) atoms. The molecule has 1 aromatic rings. The number of methoxy groups -OCH3 is 1. The van der Waals surface area contributed by atoms with Gasteiger partial charge in [-0.2, -0.15) is 4.31 Å². The van der Waals surface area contributed by atoms with Crippen molar-refractivity contribution in [2.45, 2.75) is 26.3 Å². The standard InChI is InChI=1S/C13H19NO3S/c1-4-18(15,16)14-8-7-11-5-6-12(17-3)9-13(11)10(14)2/h5-6,9-10H,4,7-8H2,1-3H3. The van der Waals surface area contributed by atoms with E-state index in [1.165, 1.54) is 5.56 Å². The summed E-state index contributed by atoms with van der Waals surface area (Å²) < 4.78 is 30.8. The molecule has 1 heterocycles. The molecule has 4 nitrogen and oxygen atoms in total. The zero-order valence-corrected chi connectivity index (χ0v) is 11.8. The SMILES string of the molecule is CCS(=O)(=O)N1CCc2ccc(OC)cc2C1C. The third kappa shape index (κ3) is 2.24. The van der Waals surface area contributed by atoms with Crippen LogP contribution in [0.2, 0.25) is 0 Å². The van der Waals surface area contributed by atoms with E-state index in [1.54, 1.807) is 18.3 Å². The van der Waals surface area contributed by atoms with Gasteiger partial charge in [-0.3, -0.25) is 0 Å². The van der Waals surface area contributed by atoms with E-state index in [2.05, 4.69) is 0 Å². The quantitative estimate of drug-likeness (QED) is 0.842. The lowest BCUT2D eigenvalue weighted by molar-refractivity contribution is 0.325. The van der Waals surface area contributed by atoms with E-state index in [4.69, 9.17) is 4.74 Å². The van der Waals surface area contributed by atoms with Gasteiger partial charge in [-0.05, 0) is 43.5 Å². The predicted octanol–water partition coefficient (Wildman–Crippen LogP) is 1.96. The molecule has 0 saturated heterocycles. The van der Waals surface area contributed by atoms with Crippen molar-refractivity contribution in [2.24, 2.45) is 0 Å². The van der Waals surface area contributed by atoms with Crippen LogP contribution in [-0.2, 0) is 16.4 Å². The normalized spacial score (nSPS) is 20.5. The van der Waals surface area contributed by atoms with Crippen molar-refractivity contribution in [1.29, 1.82) is 0 Å². The lowest BCUT2D eigenvalue weighted by atomic mass is 9.95. The summed E-state index contributed by atoms with van der Waals surface area (Å²) in [4.78, 5) is 0. The van der Waals surface area contributed by atoms with Crippen molar-refractivity contribution < 1.29 is 13.2 Å². The average molecular weight is 269 g/mol. The molecule has 1 aromatic carbocycles. The average Bonchev–Trinajstić information content (AvgIpc) is 2.38. The summed E-state index contributed by atoms with van der Waals surface area (Å²) in [5, 5.41) is 0. The molecule has 1 aliphatic heterocycles. The minimum Gasteiger partial charge on any atom is -0.497 e. The molecule has 0 aliphatic carbocycles. The number of hydrogen-bond acceptors (Lipinski definition) is 3. The summed E-state index contributed by atoms with van der Waals surface area (Å²) in [6, 6.07) is 5.78. The summed E-state index contributed by atoms with van der Waals surface area (Å²) >= 11 is 0. The fraction of sp³-hybridized carbons (Fsp3) is 0.538. The molecule has 1 unspecified atom stereocenters. The van der Waals surface area contributed by atoms with E-state index in [0.717, 1.165) is 17.7 Å². The lowest BCUT2D eigenvalue weighted by Crippen LogP contribution is -2.39. The van der Waals surface area contributed by atoms with Crippen molar-refractivity contribution in [2.75, 3.05) is 19.4 Å². The van der Waals surface area contributed by atoms with E-state index < -0.39 is 10.0 Å². The van der Waals surface area contributed by atoms with Crippen LogP contribution in [0.15, 0.2) is 18.2 Å². The second kappa shape index (κ2) is 4.90. The van der Waals surface area contributed by atoms with Gasteiger partial charge >= 0.3 is 0 Å². The Morgan fingerprint density at radius 3 is 2.78 bits per heavy atom. The van der Waals surface area contributed by atoms with Gasteiger partial charge in [0.2, 0.25) is 10.0 Å². The van der Waals surface area contributed by atoms with Gasteiger partial charge in [-0.25, -0.2) is 8.42 Å². The smallest absolute Gasteiger partial charge is 0.214 e. The second-order valence-electron chi connectivity index (χ2n) is 4.50. The van der Waals surface area contributed by atoms with Crippen LogP contribution in [0.1, 0.15) is 31.0 Å². The summed E-state index contributed by atoms with van der Waals surface area (Å²) in [7, 11) is -1.52. The van der Waals surface area contributed by atoms with Gasteiger partial charge in [0.15, 0.2) is 0 Å². The number of benzene rings is 1. The topological polar surface area (TPSA) is 46.6 Å². The molecule has 0 radical (unpaired) electrons. The van der Waals surface area contributed by atoms with Crippen LogP contribution in [0.5, 0.6) is 5.75 Å². The van der Waals surface area contributed by atoms with Crippen LogP contribution in [0.4, 0.5) is 0 Å². The highest BCUT2D eigenvalue weighted by molar-refractivity contribution is 7.89. The van der Waals surface area contributed by atoms with Crippen molar-refractivity contribution >= 4 is 10.0 Å². The van der Waals surface area contributed by atoms with Gasteiger partial charge in [0.1, 0.15) is 5.75 Å². The van der Waals surface area contributed by atoms with Gasteiger partial charge in [-0.15, -0.1) is 0 Å². The van der Waals surface area contributed by atoms with Crippen LogP contribution >= 0.6 is 0 Å². The van der Waals surface area contributed by atoms with E-state index in [0.29, 0.717) is 6.54 Å². The monoisotopic (exact) mass is 269 g/mol. The molecule has 0 bridgehead atoms. The lowest BCUT2D eigenvalue weighted by Gasteiger charge is -2.34. The van der Waals surface area contributed by atoms with Crippen LogP contribution in [0.3, 0.4) is 0 Å². The van der Waals surface area contributed by atoms with E-state index >= 15 is 0 Å². The first-order chi connectivity index (χ1) is 8.49. The number of sulfonamides is 1. The molecule has 0 fully saturated rings. The molecule has 0 saturated carbocycles. The third-order valence-electron chi connectivity index (χ3n) is 3.56.